The maximum Gasteiger partial charge on any atom is 0.0572 e. The largest absolute Gasteiger partial charge is 0.323 e. The highest BCUT2D eigenvalue weighted by Gasteiger charge is 1.44. The van der Waals surface area contributed by atoms with E-state index in [0.717, 1.165) is 0 Å². The molecule has 28 valence electrons. The fourth-order valence-electron chi connectivity index (χ4n) is 0.0351. The first-order valence-electron chi connectivity index (χ1n) is 1.09. The molecule has 0 aromatic heterocycles. The van der Waals surface area contributed by atoms with Crippen LogP contribution in [-0.4, -0.2) is 11.6 Å². The third kappa shape index (κ3) is 3.56. The lowest BCUT2D eigenvalue weighted by molar-refractivity contribution is 1.27. The summed E-state index contributed by atoms with van der Waals surface area (Å²) in [6.45, 7) is 0. The summed E-state index contributed by atoms with van der Waals surface area (Å²) in [5.41, 5.74) is 0. The quantitative estimate of drug-likeness (QED) is 0.211. The van der Waals surface area contributed by atoms with Gasteiger partial charge in [0.15, 0.2) is 0 Å². The molecule has 0 aromatic carbocycles. The van der Waals surface area contributed by atoms with Gasteiger partial charge in [-0.1, -0.05) is 12.2 Å². The van der Waals surface area contributed by atoms with Crippen molar-refractivity contribution in [2.75, 3.05) is 0 Å². The molecule has 0 aromatic rings. The Morgan fingerprint density at radius 1 is 1.80 bits per heavy atom. The molecule has 0 heterocycles. The van der Waals surface area contributed by atoms with Crippen molar-refractivity contribution in [2.24, 2.45) is 10.9 Å². The topological polar surface area (TPSA) is 38.4 Å². The van der Waals surface area contributed by atoms with Crippen molar-refractivity contribution < 1.29 is 0 Å². The summed E-state index contributed by atoms with van der Waals surface area (Å²) in [5.74, 6) is 4.61. The molecule has 2 nitrogen and oxygen atoms in total. The second-order valence-electron chi connectivity index (χ2n) is 0.434. The van der Waals surface area contributed by atoms with E-state index in [1.807, 2.05) is 0 Å². The van der Waals surface area contributed by atoms with Crippen molar-refractivity contribution >= 4 is 23.8 Å². The lowest BCUT2D eigenvalue weighted by atomic mass is 10.9. The molecule has 0 saturated carbocycles. The van der Waals surface area contributed by atoms with Gasteiger partial charge in [-0.15, -0.1) is 0 Å². The minimum atomic E-state index is 1.34. The molecule has 0 atom stereocenters. The van der Waals surface area contributed by atoms with Crippen molar-refractivity contribution in [2.45, 2.75) is 0 Å². The molecule has 0 bridgehead atoms. The minimum Gasteiger partial charge on any atom is -0.323 e. The van der Waals surface area contributed by atoms with Crippen LogP contribution in [0, 0.1) is 0 Å². The summed E-state index contributed by atoms with van der Waals surface area (Å²) < 4.78 is 0. The number of nitrogens with two attached hydrogens (primary N) is 1. The van der Waals surface area contributed by atoms with Crippen LogP contribution in [0.5, 0.6) is 0 Å². The first-order valence-corrected chi connectivity index (χ1v) is 1.56. The van der Waals surface area contributed by atoms with Crippen LogP contribution in [0.3, 0.4) is 0 Å². The smallest absolute Gasteiger partial charge is 0.0572 e. The van der Waals surface area contributed by atoms with E-state index in [0.29, 0.717) is 0 Å². The molecule has 0 saturated heterocycles. The average molecular weight is 88.1 g/mol. The van der Waals surface area contributed by atoms with Crippen LogP contribution < -0.4 is 5.84 Å². The van der Waals surface area contributed by atoms with Crippen molar-refractivity contribution in [3.63, 3.8) is 0 Å². The predicted octanol–water partition coefficient (Wildman–Crippen LogP) is -0.0694. The molecule has 0 aliphatic heterocycles. The summed E-state index contributed by atoms with van der Waals surface area (Å²) in [6, 6.07) is 0. The molecule has 0 aliphatic rings. The monoisotopic (exact) mass is 88.0 g/mol. The van der Waals surface area contributed by atoms with E-state index in [4.69, 9.17) is 0 Å². The molecule has 0 unspecified atom stereocenters. The predicted molar refractivity (Wildman–Crippen MR) is 26.3 cm³/mol. The maximum atomic E-state index is 4.61. The van der Waals surface area contributed by atoms with Gasteiger partial charge >= 0.3 is 0 Å². The maximum absolute atomic E-state index is 4.61. The van der Waals surface area contributed by atoms with Gasteiger partial charge in [0.05, 0.1) is 6.21 Å². The summed E-state index contributed by atoms with van der Waals surface area (Å²) >= 11 is 4.30. The fourth-order valence-corrected chi connectivity index (χ4v) is 0.105. The Kier molecular flexibility index (Phi) is 3.25. The standard InChI is InChI=1S/C2H4N2S/c3-4-1-2-5/h1-2H,3H2. The van der Waals surface area contributed by atoms with Crippen molar-refractivity contribution in [3.8, 4) is 0 Å². The number of hydrazone groups is 1. The Bertz CT molecular complexity index is 49.6. The lowest BCUT2D eigenvalue weighted by Gasteiger charge is -1.58. The van der Waals surface area contributed by atoms with Crippen LogP contribution >= 0.6 is 12.2 Å². The van der Waals surface area contributed by atoms with Gasteiger partial charge in [0.1, 0.15) is 0 Å². The highest BCUT2D eigenvalue weighted by atomic mass is 32.1. The molecule has 0 amide bonds. The zero-order valence-corrected chi connectivity index (χ0v) is 3.40. The van der Waals surface area contributed by atoms with Crippen molar-refractivity contribution in [1.29, 1.82) is 0 Å². The second kappa shape index (κ2) is 3.56. The Morgan fingerprint density at radius 3 is 2.40 bits per heavy atom. The Balaban J connectivity index is 2.92. The normalized spacial score (nSPS) is 8.80. The van der Waals surface area contributed by atoms with E-state index in [9.17, 15) is 0 Å². The third-order valence-electron chi connectivity index (χ3n) is 0.147. The van der Waals surface area contributed by atoms with Gasteiger partial charge in [-0.25, -0.2) is 0 Å². The number of hydrogen-bond acceptors (Lipinski definition) is 3. The number of nitrogens with zero attached hydrogens (tertiary/aromatic N) is 1. The highest BCUT2D eigenvalue weighted by molar-refractivity contribution is 7.80. The molecular formula is C2H4N2S. The van der Waals surface area contributed by atoms with E-state index in [1.165, 1.54) is 11.6 Å². The van der Waals surface area contributed by atoms with E-state index >= 15 is 0 Å². The third-order valence-corrected chi connectivity index (χ3v) is 0.269. The van der Waals surface area contributed by atoms with Gasteiger partial charge in [-0.3, -0.25) is 0 Å². The molecule has 0 spiro atoms. The lowest BCUT2D eigenvalue weighted by Crippen LogP contribution is -1.79. The highest BCUT2D eigenvalue weighted by Crippen LogP contribution is 1.38. The second-order valence-corrected chi connectivity index (χ2v) is 0.706. The van der Waals surface area contributed by atoms with Gasteiger partial charge in [-0.2, -0.15) is 5.10 Å². The zero-order chi connectivity index (χ0) is 4.12. The zero-order valence-electron chi connectivity index (χ0n) is 2.59. The van der Waals surface area contributed by atoms with Crippen LogP contribution in [0.1, 0.15) is 0 Å². The van der Waals surface area contributed by atoms with E-state index in [2.05, 4.69) is 23.2 Å². The van der Waals surface area contributed by atoms with E-state index < -0.39 is 0 Å². The molecule has 5 heavy (non-hydrogen) atoms. The summed E-state index contributed by atoms with van der Waals surface area (Å²) in [5, 5.41) is 4.42. The first-order chi connectivity index (χ1) is 2.41. The Hall–Kier alpha value is -0.440. The summed E-state index contributed by atoms with van der Waals surface area (Å²) in [6.07, 6.45) is 1.34. The SMILES string of the molecule is NN=CC=S. The number of rotatable bonds is 1. The summed E-state index contributed by atoms with van der Waals surface area (Å²) in [4.78, 5) is 0. The van der Waals surface area contributed by atoms with Gasteiger partial charge < -0.3 is 5.84 Å². The molecule has 2 N–H and O–H groups in total. The van der Waals surface area contributed by atoms with Gasteiger partial charge in [0.2, 0.25) is 0 Å². The van der Waals surface area contributed by atoms with E-state index in [-0.39, 0.29) is 0 Å². The van der Waals surface area contributed by atoms with Crippen LogP contribution in [-0.2, 0) is 0 Å². The van der Waals surface area contributed by atoms with E-state index in [1.54, 1.807) is 0 Å². The van der Waals surface area contributed by atoms with Crippen LogP contribution in [0.4, 0.5) is 0 Å². The van der Waals surface area contributed by atoms with Crippen LogP contribution in [0.25, 0.3) is 0 Å². The number of hydrogen-bond donors (Lipinski definition) is 1. The van der Waals surface area contributed by atoms with Gasteiger partial charge in [-0.05, 0) is 0 Å². The molecule has 0 aliphatic carbocycles. The van der Waals surface area contributed by atoms with Crippen LogP contribution in [0.15, 0.2) is 5.10 Å². The molecule has 3 heteroatoms. The summed E-state index contributed by atoms with van der Waals surface area (Å²) in [7, 11) is 0. The Morgan fingerprint density at radius 2 is 2.40 bits per heavy atom. The van der Waals surface area contributed by atoms with Crippen LogP contribution in [0.2, 0.25) is 0 Å². The Labute approximate surface area is 35.7 Å². The fraction of sp³-hybridized carbons (Fsp3) is 0. The molecule has 0 fully saturated rings. The van der Waals surface area contributed by atoms with Gasteiger partial charge in [0.25, 0.3) is 0 Å². The minimum absolute atomic E-state index is 1.34. The molecule has 0 rings (SSSR count). The van der Waals surface area contributed by atoms with Crippen molar-refractivity contribution in [1.82, 2.24) is 0 Å². The molecule has 0 radical (unpaired) electrons. The average Bonchev–Trinajstić information content (AvgIpc) is 1.41. The van der Waals surface area contributed by atoms with Gasteiger partial charge in [0, 0.05) is 5.37 Å². The first kappa shape index (κ1) is 4.56. The number of thiocarbonyl (C=S) groups is 1. The van der Waals surface area contributed by atoms with Crippen molar-refractivity contribution in [3.05, 3.63) is 0 Å². The molecular weight excluding hydrogens is 84.1 g/mol.